The van der Waals surface area contributed by atoms with E-state index in [9.17, 15) is 13.2 Å². The average molecular weight is 310 g/mol. The molecule has 4 nitrogen and oxygen atoms in total. The fourth-order valence-electron chi connectivity index (χ4n) is 3.00. The molecule has 1 aromatic heterocycles. The number of aromatic nitrogens is 3. The van der Waals surface area contributed by atoms with Crippen molar-refractivity contribution in [3.8, 4) is 5.69 Å². The lowest BCUT2D eigenvalue weighted by atomic mass is 9.85. The summed E-state index contributed by atoms with van der Waals surface area (Å²) < 4.78 is 40.1. The van der Waals surface area contributed by atoms with Crippen LogP contribution in [0, 0.1) is 0 Å². The highest BCUT2D eigenvalue weighted by Crippen LogP contribution is 2.33. The van der Waals surface area contributed by atoms with Gasteiger partial charge >= 0.3 is 6.18 Å². The third-order valence-electron chi connectivity index (χ3n) is 4.07. The highest BCUT2D eigenvalue weighted by Gasteiger charge is 2.31. The monoisotopic (exact) mass is 310 g/mol. The van der Waals surface area contributed by atoms with E-state index in [0.717, 1.165) is 37.8 Å². The molecule has 22 heavy (non-hydrogen) atoms. The van der Waals surface area contributed by atoms with Gasteiger partial charge in [0, 0.05) is 12.0 Å². The molecule has 1 fully saturated rings. The summed E-state index contributed by atoms with van der Waals surface area (Å²) in [5, 5.41) is 4.11. The number of rotatable bonds is 2. The molecule has 2 N–H and O–H groups in total. The summed E-state index contributed by atoms with van der Waals surface area (Å²) in [4.78, 5) is 4.26. The van der Waals surface area contributed by atoms with Gasteiger partial charge in [-0.25, -0.2) is 9.67 Å². The van der Waals surface area contributed by atoms with Crippen molar-refractivity contribution in [1.82, 2.24) is 14.8 Å². The Morgan fingerprint density at radius 3 is 2.77 bits per heavy atom. The van der Waals surface area contributed by atoms with E-state index in [-0.39, 0.29) is 12.0 Å². The Kier molecular flexibility index (Phi) is 3.90. The van der Waals surface area contributed by atoms with Crippen molar-refractivity contribution in [2.75, 3.05) is 0 Å². The van der Waals surface area contributed by atoms with Crippen molar-refractivity contribution in [2.45, 2.75) is 43.8 Å². The molecule has 0 aliphatic heterocycles. The van der Waals surface area contributed by atoms with Gasteiger partial charge in [-0.2, -0.15) is 18.3 Å². The zero-order valence-corrected chi connectivity index (χ0v) is 11.9. The quantitative estimate of drug-likeness (QED) is 0.926. The van der Waals surface area contributed by atoms with Gasteiger partial charge in [0.15, 0.2) is 0 Å². The standard InChI is InChI=1S/C15H17F3N4/c16-15(17,18)11-4-2-6-13(8-11)22-14(20-9-21-22)10-3-1-5-12(19)7-10/h2,4,6,8-10,12H,1,3,5,7,19H2/t10-,12+/m1/s1. The average Bonchev–Trinajstić information content (AvgIpc) is 2.96. The smallest absolute Gasteiger partial charge is 0.328 e. The van der Waals surface area contributed by atoms with E-state index in [4.69, 9.17) is 5.73 Å². The van der Waals surface area contributed by atoms with E-state index < -0.39 is 11.7 Å². The van der Waals surface area contributed by atoms with Gasteiger partial charge in [-0.1, -0.05) is 12.5 Å². The van der Waals surface area contributed by atoms with Crippen LogP contribution in [0.5, 0.6) is 0 Å². The van der Waals surface area contributed by atoms with Gasteiger partial charge in [0.2, 0.25) is 0 Å². The van der Waals surface area contributed by atoms with Crippen LogP contribution in [0.1, 0.15) is 43.0 Å². The number of hydrogen-bond acceptors (Lipinski definition) is 3. The summed E-state index contributed by atoms with van der Waals surface area (Å²) in [5.74, 6) is 0.829. The van der Waals surface area contributed by atoms with Gasteiger partial charge in [-0.05, 0) is 37.5 Å². The SMILES string of the molecule is N[C@H]1CCC[C@@H](c2ncnn2-c2cccc(C(F)(F)F)c2)C1. The van der Waals surface area contributed by atoms with E-state index in [1.54, 1.807) is 6.07 Å². The summed E-state index contributed by atoms with van der Waals surface area (Å²) >= 11 is 0. The van der Waals surface area contributed by atoms with Crippen LogP contribution in [0.25, 0.3) is 5.69 Å². The molecule has 0 amide bonds. The van der Waals surface area contributed by atoms with Crippen LogP contribution < -0.4 is 5.73 Å². The molecule has 7 heteroatoms. The van der Waals surface area contributed by atoms with E-state index >= 15 is 0 Å². The van der Waals surface area contributed by atoms with Gasteiger partial charge in [-0.3, -0.25) is 0 Å². The largest absolute Gasteiger partial charge is 0.416 e. The summed E-state index contributed by atoms with van der Waals surface area (Å²) in [7, 11) is 0. The summed E-state index contributed by atoms with van der Waals surface area (Å²) in [5.41, 5.74) is 5.68. The molecule has 2 aromatic rings. The third kappa shape index (κ3) is 2.99. The first kappa shape index (κ1) is 15.0. The number of hydrogen-bond donors (Lipinski definition) is 1. The second-order valence-corrected chi connectivity index (χ2v) is 5.70. The molecule has 0 bridgehead atoms. The summed E-state index contributed by atoms with van der Waals surface area (Å²) in [6.45, 7) is 0. The lowest BCUT2D eigenvalue weighted by molar-refractivity contribution is -0.137. The topological polar surface area (TPSA) is 56.7 Å². The molecule has 0 radical (unpaired) electrons. The highest BCUT2D eigenvalue weighted by atomic mass is 19.4. The number of nitrogens with zero attached hydrogens (tertiary/aromatic N) is 3. The van der Waals surface area contributed by atoms with Crippen LogP contribution in [-0.2, 0) is 6.18 Å². The molecule has 0 spiro atoms. The Morgan fingerprint density at radius 2 is 2.05 bits per heavy atom. The predicted octanol–water partition coefficient (Wildman–Crippen LogP) is 3.27. The van der Waals surface area contributed by atoms with Crippen LogP contribution >= 0.6 is 0 Å². The highest BCUT2D eigenvalue weighted by molar-refractivity contribution is 5.37. The van der Waals surface area contributed by atoms with Crippen molar-refractivity contribution < 1.29 is 13.2 Å². The molecular formula is C15H17F3N4. The molecular weight excluding hydrogens is 293 g/mol. The molecule has 1 aliphatic rings. The van der Waals surface area contributed by atoms with Gasteiger partial charge in [-0.15, -0.1) is 0 Å². The molecule has 2 atom stereocenters. The predicted molar refractivity (Wildman–Crippen MR) is 75.5 cm³/mol. The minimum Gasteiger partial charge on any atom is -0.328 e. The van der Waals surface area contributed by atoms with Crippen LogP contribution in [0.2, 0.25) is 0 Å². The molecule has 3 rings (SSSR count). The van der Waals surface area contributed by atoms with E-state index in [0.29, 0.717) is 11.5 Å². The van der Waals surface area contributed by atoms with Crippen molar-refractivity contribution in [3.63, 3.8) is 0 Å². The maximum absolute atomic E-state index is 12.9. The van der Waals surface area contributed by atoms with Crippen molar-refractivity contribution >= 4 is 0 Å². The fraction of sp³-hybridized carbons (Fsp3) is 0.467. The Hall–Kier alpha value is -1.89. The maximum Gasteiger partial charge on any atom is 0.416 e. The zero-order chi connectivity index (χ0) is 15.7. The van der Waals surface area contributed by atoms with E-state index in [2.05, 4.69) is 10.1 Å². The van der Waals surface area contributed by atoms with Crippen LogP contribution in [-0.4, -0.2) is 20.8 Å². The first-order valence-corrected chi connectivity index (χ1v) is 7.28. The minimum atomic E-state index is -4.37. The fourth-order valence-corrected chi connectivity index (χ4v) is 3.00. The lowest BCUT2D eigenvalue weighted by Crippen LogP contribution is -2.28. The second-order valence-electron chi connectivity index (χ2n) is 5.70. The Morgan fingerprint density at radius 1 is 1.23 bits per heavy atom. The Balaban J connectivity index is 1.95. The zero-order valence-electron chi connectivity index (χ0n) is 11.9. The molecule has 1 aromatic carbocycles. The number of nitrogens with two attached hydrogens (primary N) is 1. The van der Waals surface area contributed by atoms with E-state index in [1.165, 1.54) is 17.1 Å². The second kappa shape index (κ2) is 5.72. The Labute approximate surface area is 126 Å². The van der Waals surface area contributed by atoms with Gasteiger partial charge in [0.25, 0.3) is 0 Å². The summed E-state index contributed by atoms with van der Waals surface area (Å²) in [6, 6.07) is 5.26. The number of alkyl halides is 3. The first-order chi connectivity index (χ1) is 10.4. The van der Waals surface area contributed by atoms with Crippen molar-refractivity contribution in [3.05, 3.63) is 42.0 Å². The summed E-state index contributed by atoms with van der Waals surface area (Å²) in [6.07, 6.45) is 0.720. The first-order valence-electron chi connectivity index (χ1n) is 7.28. The van der Waals surface area contributed by atoms with Crippen LogP contribution in [0.15, 0.2) is 30.6 Å². The molecule has 1 aliphatic carbocycles. The third-order valence-corrected chi connectivity index (χ3v) is 4.07. The molecule has 0 saturated heterocycles. The van der Waals surface area contributed by atoms with Crippen molar-refractivity contribution in [1.29, 1.82) is 0 Å². The number of halogens is 3. The molecule has 1 saturated carbocycles. The molecule has 118 valence electrons. The Bertz CT molecular complexity index is 650. The maximum atomic E-state index is 12.9. The molecule has 0 unspecified atom stereocenters. The molecule has 1 heterocycles. The van der Waals surface area contributed by atoms with Crippen LogP contribution in [0.3, 0.4) is 0 Å². The van der Waals surface area contributed by atoms with Gasteiger partial charge in [0.05, 0.1) is 11.3 Å². The van der Waals surface area contributed by atoms with Gasteiger partial charge < -0.3 is 5.73 Å². The van der Waals surface area contributed by atoms with Crippen LogP contribution in [0.4, 0.5) is 13.2 Å². The van der Waals surface area contributed by atoms with Crippen molar-refractivity contribution in [2.24, 2.45) is 5.73 Å². The lowest BCUT2D eigenvalue weighted by Gasteiger charge is -2.26. The minimum absolute atomic E-state index is 0.116. The van der Waals surface area contributed by atoms with E-state index in [1.807, 2.05) is 0 Å². The normalized spacial score (nSPS) is 22.7. The van der Waals surface area contributed by atoms with Gasteiger partial charge in [0.1, 0.15) is 12.2 Å². The number of benzene rings is 1.